The van der Waals surface area contributed by atoms with Crippen LogP contribution in [0.25, 0.3) is 5.52 Å². The molecule has 0 saturated carbocycles. The molecule has 0 aliphatic heterocycles. The van der Waals surface area contributed by atoms with Crippen LogP contribution >= 0.6 is 24.2 Å². The van der Waals surface area contributed by atoms with Crippen molar-refractivity contribution < 1.29 is 0 Å². The minimum Gasteiger partial charge on any atom is -0.239 e. The van der Waals surface area contributed by atoms with Gasteiger partial charge in [-0.15, -0.1) is 12.6 Å². The van der Waals surface area contributed by atoms with Gasteiger partial charge in [0.05, 0.1) is 16.7 Å². The van der Waals surface area contributed by atoms with E-state index < -0.39 is 0 Å². The van der Waals surface area contributed by atoms with Crippen LogP contribution in [-0.2, 0) is 0 Å². The van der Waals surface area contributed by atoms with Gasteiger partial charge in [0.15, 0.2) is 0 Å². The van der Waals surface area contributed by atoms with E-state index >= 15 is 0 Å². The van der Waals surface area contributed by atoms with Crippen molar-refractivity contribution in [3.8, 4) is 0 Å². The summed E-state index contributed by atoms with van der Waals surface area (Å²) >= 11 is 10.1. The van der Waals surface area contributed by atoms with Gasteiger partial charge >= 0.3 is 0 Å². The summed E-state index contributed by atoms with van der Waals surface area (Å²) in [6.45, 7) is 0. The molecule has 0 saturated heterocycles. The first-order valence-electron chi connectivity index (χ1n) is 3.10. The van der Waals surface area contributed by atoms with Gasteiger partial charge in [0, 0.05) is 40.6 Å². The molecule has 0 aliphatic carbocycles. The summed E-state index contributed by atoms with van der Waals surface area (Å²) in [6, 6.07) is 3.66. The second kappa shape index (κ2) is 4.03. The number of halogens is 1. The zero-order chi connectivity index (χ0) is 7.84. The summed E-state index contributed by atoms with van der Waals surface area (Å²) in [4.78, 5) is 0.777. The molecule has 0 N–H and O–H groups in total. The fraction of sp³-hybridized carbons (Fsp3) is 0. The molecule has 12 heavy (non-hydrogen) atoms. The summed E-state index contributed by atoms with van der Waals surface area (Å²) in [6.07, 6.45) is 3.53. The molecule has 0 aliphatic rings. The summed E-state index contributed by atoms with van der Waals surface area (Å²) in [5, 5.41) is 4.67. The molecular formula is C7H5ClN2NaS. The van der Waals surface area contributed by atoms with E-state index in [2.05, 4.69) is 17.7 Å². The smallest absolute Gasteiger partial charge is 0.0859 e. The molecule has 57 valence electrons. The fourth-order valence-corrected chi connectivity index (χ4v) is 1.35. The molecule has 2 nitrogen and oxygen atoms in total. The largest absolute Gasteiger partial charge is 0.239 e. The Morgan fingerprint density at radius 2 is 2.17 bits per heavy atom. The molecule has 2 rings (SSSR count). The number of aromatic nitrogens is 2. The first-order chi connectivity index (χ1) is 5.29. The van der Waals surface area contributed by atoms with Crippen LogP contribution in [0.4, 0.5) is 0 Å². The van der Waals surface area contributed by atoms with E-state index in [4.69, 9.17) is 11.6 Å². The van der Waals surface area contributed by atoms with Gasteiger partial charge in [-0.3, -0.25) is 0 Å². The number of fused-ring (bicyclic) bond motifs is 1. The first kappa shape index (κ1) is 10.4. The van der Waals surface area contributed by atoms with Crippen LogP contribution in [0.3, 0.4) is 0 Å². The van der Waals surface area contributed by atoms with Crippen LogP contribution in [-0.4, -0.2) is 39.2 Å². The Hall–Kier alpha value is 0.330. The number of hydrogen-bond donors (Lipinski definition) is 1. The van der Waals surface area contributed by atoms with Gasteiger partial charge in [-0.2, -0.15) is 5.10 Å². The molecule has 0 bridgehead atoms. The predicted molar refractivity (Wildman–Crippen MR) is 53.2 cm³/mol. The average molecular weight is 208 g/mol. The van der Waals surface area contributed by atoms with Gasteiger partial charge in [0.25, 0.3) is 0 Å². The van der Waals surface area contributed by atoms with Crippen molar-refractivity contribution in [1.29, 1.82) is 0 Å². The van der Waals surface area contributed by atoms with Crippen LogP contribution in [0.5, 0.6) is 0 Å². The third-order valence-corrected chi connectivity index (χ3v) is 2.40. The molecule has 0 atom stereocenters. The van der Waals surface area contributed by atoms with Gasteiger partial charge < -0.3 is 0 Å². The van der Waals surface area contributed by atoms with E-state index in [0.29, 0.717) is 5.02 Å². The van der Waals surface area contributed by atoms with E-state index in [1.807, 2.05) is 18.3 Å². The van der Waals surface area contributed by atoms with Gasteiger partial charge in [0.2, 0.25) is 0 Å². The molecule has 1 radical (unpaired) electrons. The zero-order valence-corrected chi connectivity index (χ0v) is 10.2. The number of nitrogens with zero attached hydrogens (tertiary/aromatic N) is 2. The Morgan fingerprint density at radius 3 is 2.92 bits per heavy atom. The molecule has 5 heteroatoms. The van der Waals surface area contributed by atoms with E-state index in [-0.39, 0.29) is 29.6 Å². The summed E-state index contributed by atoms with van der Waals surface area (Å²) in [5.74, 6) is 0. The molecular weight excluding hydrogens is 203 g/mol. The molecule has 0 spiro atoms. The van der Waals surface area contributed by atoms with Gasteiger partial charge in [0.1, 0.15) is 0 Å². The summed E-state index contributed by atoms with van der Waals surface area (Å²) in [5.41, 5.74) is 0.888. The summed E-state index contributed by atoms with van der Waals surface area (Å²) < 4.78 is 1.71. The van der Waals surface area contributed by atoms with E-state index in [9.17, 15) is 0 Å². The second-order valence-electron chi connectivity index (χ2n) is 2.18. The predicted octanol–water partition coefficient (Wildman–Crippen LogP) is 1.90. The maximum atomic E-state index is 5.93. The number of thiol groups is 1. The maximum Gasteiger partial charge on any atom is 0.0859 e. The van der Waals surface area contributed by atoms with Crippen LogP contribution in [0.15, 0.2) is 29.4 Å². The monoisotopic (exact) mass is 207 g/mol. The standard InChI is InChI=1S/C7H5ClN2S.Na/c8-7-5-1-3-9-10(5)4-2-6(7)11;/h1-4,11H;. The number of hydrogen-bond acceptors (Lipinski definition) is 2. The SMILES string of the molecule is Sc1ccn2nccc2c1Cl.[Na]. The van der Waals surface area contributed by atoms with Crippen LogP contribution in [0, 0.1) is 0 Å². The Labute approximate surface area is 103 Å². The Balaban J connectivity index is 0.000000720. The number of rotatable bonds is 0. The first-order valence-corrected chi connectivity index (χ1v) is 3.92. The van der Waals surface area contributed by atoms with Crippen LogP contribution < -0.4 is 0 Å². The molecule has 0 unspecified atom stereocenters. The minimum atomic E-state index is 0. The quantitative estimate of drug-likeness (QED) is 0.516. The van der Waals surface area contributed by atoms with Crippen molar-refractivity contribution in [2.24, 2.45) is 0 Å². The number of pyridine rings is 1. The van der Waals surface area contributed by atoms with E-state index in [1.54, 1.807) is 10.7 Å². The molecule has 2 aromatic rings. The van der Waals surface area contributed by atoms with Gasteiger partial charge in [-0.25, -0.2) is 4.52 Å². The maximum absolute atomic E-state index is 5.93. The third kappa shape index (κ3) is 1.65. The van der Waals surface area contributed by atoms with E-state index in [0.717, 1.165) is 10.4 Å². The van der Waals surface area contributed by atoms with Crippen LogP contribution in [0.1, 0.15) is 0 Å². The molecule has 0 amide bonds. The van der Waals surface area contributed by atoms with Gasteiger partial charge in [-0.1, -0.05) is 11.6 Å². The molecule has 2 aromatic heterocycles. The van der Waals surface area contributed by atoms with Crippen molar-refractivity contribution in [2.75, 3.05) is 0 Å². The topological polar surface area (TPSA) is 17.3 Å². The minimum absolute atomic E-state index is 0. The Morgan fingerprint density at radius 1 is 1.42 bits per heavy atom. The van der Waals surface area contributed by atoms with Gasteiger partial charge in [-0.05, 0) is 12.1 Å². The van der Waals surface area contributed by atoms with Crippen molar-refractivity contribution in [3.05, 3.63) is 29.5 Å². The Kier molecular flexibility index (Phi) is 3.49. The third-order valence-electron chi connectivity index (χ3n) is 1.49. The van der Waals surface area contributed by atoms with Crippen molar-refractivity contribution in [1.82, 2.24) is 9.61 Å². The molecule has 2 heterocycles. The molecule has 0 aromatic carbocycles. The second-order valence-corrected chi connectivity index (χ2v) is 3.04. The summed E-state index contributed by atoms with van der Waals surface area (Å²) in [7, 11) is 0. The Bertz CT molecular complexity index is 401. The average Bonchev–Trinajstić information content (AvgIpc) is 2.45. The normalized spacial score (nSPS) is 9.83. The fourth-order valence-electron chi connectivity index (χ4n) is 0.952. The van der Waals surface area contributed by atoms with Crippen molar-refractivity contribution in [2.45, 2.75) is 4.90 Å². The van der Waals surface area contributed by atoms with Crippen molar-refractivity contribution in [3.63, 3.8) is 0 Å². The van der Waals surface area contributed by atoms with Crippen molar-refractivity contribution >= 4 is 59.3 Å². The van der Waals surface area contributed by atoms with Crippen LogP contribution in [0.2, 0.25) is 5.02 Å². The zero-order valence-electron chi connectivity index (χ0n) is 6.53. The van der Waals surface area contributed by atoms with E-state index in [1.165, 1.54) is 0 Å². The molecule has 0 fully saturated rings.